The molecule has 0 spiro atoms. The fourth-order valence-electron chi connectivity index (χ4n) is 3.45. The number of hydrogen-bond donors (Lipinski definition) is 3. The van der Waals surface area contributed by atoms with Crippen molar-refractivity contribution in [2.45, 2.75) is 129 Å². The molecule has 0 rings (SSSR count). The maximum atomic E-state index is 11.8. The van der Waals surface area contributed by atoms with Crippen LogP contribution in [0.25, 0.3) is 0 Å². The number of rotatable bonds is 21. The first-order valence-electron chi connectivity index (χ1n) is 11.7. The van der Waals surface area contributed by atoms with E-state index in [9.17, 15) is 14.4 Å². The topological polar surface area (TPSA) is 104 Å². The van der Waals surface area contributed by atoms with E-state index < -0.39 is 18.0 Å². The number of carbonyl (C=O) groups is 3. The molecule has 0 aromatic carbocycles. The van der Waals surface area contributed by atoms with Crippen LogP contribution in [0.1, 0.15) is 122 Å². The van der Waals surface area contributed by atoms with Gasteiger partial charge in [0.1, 0.15) is 6.04 Å². The molecular weight excluding hydrogens is 393 g/mol. The van der Waals surface area contributed by atoms with Crippen molar-refractivity contribution in [3.8, 4) is 0 Å². The summed E-state index contributed by atoms with van der Waals surface area (Å²) >= 11 is 0. The van der Waals surface area contributed by atoms with Gasteiger partial charge in [0.25, 0.3) is 0 Å². The van der Waals surface area contributed by atoms with Crippen LogP contribution in [0.4, 0.5) is 0 Å². The van der Waals surface area contributed by atoms with Gasteiger partial charge in [-0.25, -0.2) is 4.79 Å². The minimum atomic E-state index is -1.18. The Hall–Kier alpha value is -0.590. The zero-order chi connectivity index (χ0) is 21.7. The standard InChI is InChI=1S/C23H43NO5.Na.H/c1-2-3-4-5-6-7-8-9-10-11-12-13-14-15-16-17-21(25)24-20(23(28)29)18-19-22(26)27;;/h20H,2-19H2,1H3,(H,24,25)(H,26,27)(H,28,29);;/t20-;;/m1../s1. The summed E-state index contributed by atoms with van der Waals surface area (Å²) in [6.07, 6.45) is 18.8. The van der Waals surface area contributed by atoms with Crippen molar-refractivity contribution >= 4 is 47.4 Å². The molecule has 0 saturated carbocycles. The molecule has 0 aromatic rings. The van der Waals surface area contributed by atoms with Crippen LogP contribution in [-0.2, 0) is 14.4 Å². The van der Waals surface area contributed by atoms with E-state index in [0.29, 0.717) is 6.42 Å². The molecule has 1 amide bonds. The maximum absolute atomic E-state index is 11.8. The van der Waals surface area contributed by atoms with Gasteiger partial charge in [0.15, 0.2) is 0 Å². The zero-order valence-corrected chi connectivity index (χ0v) is 18.4. The van der Waals surface area contributed by atoms with E-state index in [4.69, 9.17) is 10.2 Å². The van der Waals surface area contributed by atoms with Crippen molar-refractivity contribution in [3.63, 3.8) is 0 Å². The van der Waals surface area contributed by atoms with Gasteiger partial charge in [-0.15, -0.1) is 0 Å². The van der Waals surface area contributed by atoms with Crippen LogP contribution in [0.2, 0.25) is 0 Å². The molecule has 172 valence electrons. The molecule has 0 aliphatic rings. The molecule has 0 aliphatic carbocycles. The van der Waals surface area contributed by atoms with Crippen LogP contribution in [0.5, 0.6) is 0 Å². The van der Waals surface area contributed by atoms with Crippen LogP contribution in [0.15, 0.2) is 0 Å². The van der Waals surface area contributed by atoms with Crippen molar-refractivity contribution in [2.24, 2.45) is 0 Å². The molecule has 30 heavy (non-hydrogen) atoms. The summed E-state index contributed by atoms with van der Waals surface area (Å²) in [5.74, 6) is -2.55. The Morgan fingerprint density at radius 1 is 0.667 bits per heavy atom. The second-order valence-electron chi connectivity index (χ2n) is 8.09. The zero-order valence-electron chi connectivity index (χ0n) is 18.4. The summed E-state index contributed by atoms with van der Waals surface area (Å²) in [4.78, 5) is 33.4. The van der Waals surface area contributed by atoms with E-state index in [1.165, 1.54) is 77.0 Å². The van der Waals surface area contributed by atoms with Gasteiger partial charge in [-0.05, 0) is 12.8 Å². The van der Waals surface area contributed by atoms with Crippen molar-refractivity contribution < 1.29 is 24.6 Å². The molecule has 0 aromatic heterocycles. The quantitative estimate of drug-likeness (QED) is 0.172. The summed E-state index contributed by atoms with van der Waals surface area (Å²) in [5, 5.41) is 20.1. The molecule has 0 fully saturated rings. The molecule has 0 unspecified atom stereocenters. The molecule has 3 N–H and O–H groups in total. The summed E-state index contributed by atoms with van der Waals surface area (Å²) < 4.78 is 0. The van der Waals surface area contributed by atoms with E-state index in [2.05, 4.69) is 12.2 Å². The van der Waals surface area contributed by atoms with E-state index in [0.717, 1.165) is 19.3 Å². The van der Waals surface area contributed by atoms with Gasteiger partial charge in [0.05, 0.1) is 0 Å². The number of carbonyl (C=O) groups excluding carboxylic acids is 1. The predicted octanol–water partition coefficient (Wildman–Crippen LogP) is 5.03. The average molecular weight is 438 g/mol. The molecular formula is C23H44NNaO5. The Kier molecular flexibility index (Phi) is 24.3. The Bertz CT molecular complexity index is 445. The minimum absolute atomic E-state index is 0. The summed E-state index contributed by atoms with van der Waals surface area (Å²) in [7, 11) is 0. The van der Waals surface area contributed by atoms with Gasteiger partial charge in [-0.2, -0.15) is 0 Å². The van der Waals surface area contributed by atoms with Crippen molar-refractivity contribution in [3.05, 3.63) is 0 Å². The van der Waals surface area contributed by atoms with Gasteiger partial charge >= 0.3 is 41.5 Å². The normalized spacial score (nSPS) is 11.5. The van der Waals surface area contributed by atoms with Crippen molar-refractivity contribution in [1.82, 2.24) is 5.32 Å². The second kappa shape index (κ2) is 23.1. The summed E-state index contributed by atoms with van der Waals surface area (Å²) in [6.45, 7) is 2.25. The number of nitrogens with one attached hydrogen (secondary N) is 1. The van der Waals surface area contributed by atoms with E-state index >= 15 is 0 Å². The van der Waals surface area contributed by atoms with Gasteiger partial charge in [-0.3, -0.25) is 9.59 Å². The molecule has 0 saturated heterocycles. The molecule has 1 atom stereocenters. The van der Waals surface area contributed by atoms with E-state index in [1.807, 2.05) is 0 Å². The van der Waals surface area contributed by atoms with Crippen LogP contribution >= 0.6 is 0 Å². The molecule has 0 heterocycles. The fraction of sp³-hybridized carbons (Fsp3) is 0.870. The Balaban J connectivity index is 0. The van der Waals surface area contributed by atoms with Gasteiger partial charge in [-0.1, -0.05) is 96.8 Å². The molecule has 0 aliphatic heterocycles. The van der Waals surface area contributed by atoms with Crippen molar-refractivity contribution in [1.29, 1.82) is 0 Å². The first kappa shape index (κ1) is 31.6. The van der Waals surface area contributed by atoms with E-state index in [1.54, 1.807) is 0 Å². The SMILES string of the molecule is CCCCCCCCCCCCCCCCCC(=O)N[C@H](CCC(=O)O)C(=O)O.[NaH]. The van der Waals surface area contributed by atoms with Crippen LogP contribution in [0, 0.1) is 0 Å². The number of aliphatic carboxylic acids is 2. The van der Waals surface area contributed by atoms with Crippen LogP contribution in [-0.4, -0.2) is 63.7 Å². The van der Waals surface area contributed by atoms with Crippen molar-refractivity contribution in [2.75, 3.05) is 0 Å². The molecule has 7 heteroatoms. The van der Waals surface area contributed by atoms with Gasteiger partial charge in [0, 0.05) is 12.8 Å². The third-order valence-corrected chi connectivity index (χ3v) is 5.29. The first-order valence-corrected chi connectivity index (χ1v) is 11.7. The number of amides is 1. The predicted molar refractivity (Wildman–Crippen MR) is 123 cm³/mol. The second-order valence-corrected chi connectivity index (χ2v) is 8.09. The first-order chi connectivity index (χ1) is 14.0. The number of unbranched alkanes of at least 4 members (excludes halogenated alkanes) is 14. The third kappa shape index (κ3) is 22.1. The molecule has 6 nitrogen and oxygen atoms in total. The van der Waals surface area contributed by atoms with Crippen LogP contribution < -0.4 is 5.32 Å². The Morgan fingerprint density at radius 3 is 1.43 bits per heavy atom. The monoisotopic (exact) mass is 437 g/mol. The Morgan fingerprint density at radius 2 is 1.07 bits per heavy atom. The Labute approximate surface area is 205 Å². The summed E-state index contributed by atoms with van der Waals surface area (Å²) in [6, 6.07) is -1.12. The fourth-order valence-corrected chi connectivity index (χ4v) is 3.45. The van der Waals surface area contributed by atoms with E-state index in [-0.39, 0.29) is 48.3 Å². The number of hydrogen-bond acceptors (Lipinski definition) is 3. The molecule has 0 radical (unpaired) electrons. The summed E-state index contributed by atoms with van der Waals surface area (Å²) in [5.41, 5.74) is 0. The number of carboxylic acid groups (broad SMARTS) is 2. The van der Waals surface area contributed by atoms with Gasteiger partial charge < -0.3 is 15.5 Å². The number of carboxylic acids is 2. The molecule has 0 bridgehead atoms. The average Bonchev–Trinajstić information content (AvgIpc) is 2.67. The van der Waals surface area contributed by atoms with Gasteiger partial charge in [0.2, 0.25) is 5.91 Å². The van der Waals surface area contributed by atoms with Crippen LogP contribution in [0.3, 0.4) is 0 Å². The third-order valence-electron chi connectivity index (χ3n) is 5.29.